The van der Waals surface area contributed by atoms with Crippen molar-refractivity contribution < 1.29 is 19.1 Å². The van der Waals surface area contributed by atoms with E-state index in [4.69, 9.17) is 14.5 Å². The molecule has 7 nitrogen and oxygen atoms in total. The van der Waals surface area contributed by atoms with E-state index in [1.807, 2.05) is 53.8 Å². The molecule has 0 unspecified atom stereocenters. The third-order valence-electron chi connectivity index (χ3n) is 6.68. The Morgan fingerprint density at radius 2 is 1.86 bits per heavy atom. The molecule has 0 atom stereocenters. The molecule has 2 aliphatic rings. The molecule has 1 fully saturated rings. The van der Waals surface area contributed by atoms with E-state index in [-0.39, 0.29) is 24.5 Å². The molecule has 0 aliphatic carbocycles. The molecule has 1 saturated heterocycles. The van der Waals surface area contributed by atoms with Gasteiger partial charge in [-0.1, -0.05) is 12.1 Å². The first-order valence-electron chi connectivity index (χ1n) is 12.1. The van der Waals surface area contributed by atoms with E-state index in [0.717, 1.165) is 29.1 Å². The van der Waals surface area contributed by atoms with Crippen LogP contribution in [0.5, 0.6) is 11.5 Å². The van der Waals surface area contributed by atoms with Crippen LogP contribution in [0.2, 0.25) is 0 Å². The van der Waals surface area contributed by atoms with Gasteiger partial charge in [0.2, 0.25) is 12.7 Å². The Balaban J connectivity index is 1.18. The third kappa shape index (κ3) is 5.22. The van der Waals surface area contributed by atoms with Gasteiger partial charge in [0, 0.05) is 47.6 Å². The maximum absolute atomic E-state index is 13.3. The number of likely N-dealkylation sites (tertiary alicyclic amines) is 1. The fourth-order valence-electron chi connectivity index (χ4n) is 4.61. The molecule has 2 aromatic carbocycles. The highest BCUT2D eigenvalue weighted by Gasteiger charge is 2.28. The average Bonchev–Trinajstić information content (AvgIpc) is 3.59. The highest BCUT2D eigenvalue weighted by molar-refractivity contribution is 7.98. The number of benzene rings is 2. The lowest BCUT2D eigenvalue weighted by atomic mass is 9.97. The van der Waals surface area contributed by atoms with Crippen molar-refractivity contribution in [1.82, 2.24) is 9.88 Å². The molecule has 36 heavy (non-hydrogen) atoms. The summed E-state index contributed by atoms with van der Waals surface area (Å²) in [6.45, 7) is 4.09. The first-order valence-corrected chi connectivity index (χ1v) is 14.2. The zero-order chi connectivity index (χ0) is 25.1. The van der Waals surface area contributed by atoms with E-state index in [0.29, 0.717) is 43.2 Å². The first kappa shape index (κ1) is 24.6. The molecule has 0 saturated carbocycles. The maximum Gasteiger partial charge on any atom is 0.277 e. The van der Waals surface area contributed by atoms with Gasteiger partial charge >= 0.3 is 0 Å². The molecule has 3 heterocycles. The summed E-state index contributed by atoms with van der Waals surface area (Å²) in [4.78, 5) is 35.7. The number of thioether (sulfide) groups is 1. The quantitative estimate of drug-likeness (QED) is 0.396. The number of thiazole rings is 1. The van der Waals surface area contributed by atoms with Crippen molar-refractivity contribution in [1.29, 1.82) is 0 Å². The monoisotopic (exact) mass is 523 g/mol. The fraction of sp³-hybridized carbons (Fsp3) is 0.370. The van der Waals surface area contributed by atoms with E-state index in [1.54, 1.807) is 16.7 Å². The van der Waals surface area contributed by atoms with Crippen molar-refractivity contribution in [3.05, 3.63) is 64.1 Å². The molecule has 2 amide bonds. The Labute approximate surface area is 219 Å². The maximum atomic E-state index is 13.3. The van der Waals surface area contributed by atoms with Crippen LogP contribution in [-0.2, 0) is 11.2 Å². The van der Waals surface area contributed by atoms with Crippen LogP contribution in [0, 0.1) is 0 Å². The molecule has 188 valence electrons. The lowest BCUT2D eigenvalue weighted by Crippen LogP contribution is -2.38. The van der Waals surface area contributed by atoms with Crippen molar-refractivity contribution >= 4 is 40.6 Å². The topological polar surface area (TPSA) is 72.0 Å². The van der Waals surface area contributed by atoms with Gasteiger partial charge in [-0.2, -0.15) is 0 Å². The molecule has 0 bridgehead atoms. The minimum absolute atomic E-state index is 0.126. The van der Waals surface area contributed by atoms with Crippen LogP contribution in [0.25, 0.3) is 0 Å². The number of amides is 2. The normalized spacial score (nSPS) is 15.2. The molecule has 1 aromatic heterocycles. The number of hydrogen-bond acceptors (Lipinski definition) is 7. The van der Waals surface area contributed by atoms with Crippen LogP contribution >= 0.6 is 23.1 Å². The van der Waals surface area contributed by atoms with E-state index >= 15 is 0 Å². The average molecular weight is 524 g/mol. The number of ether oxygens (including phenoxy) is 2. The predicted molar refractivity (Wildman–Crippen MR) is 143 cm³/mol. The van der Waals surface area contributed by atoms with Gasteiger partial charge in [0.05, 0.1) is 11.4 Å². The molecular weight excluding hydrogens is 494 g/mol. The Hall–Kier alpha value is -3.04. The second-order valence-electron chi connectivity index (χ2n) is 8.84. The summed E-state index contributed by atoms with van der Waals surface area (Å²) < 4.78 is 10.8. The zero-order valence-corrected chi connectivity index (χ0v) is 22.1. The van der Waals surface area contributed by atoms with Crippen LogP contribution in [-0.4, -0.2) is 54.4 Å². The highest BCUT2D eigenvalue weighted by atomic mass is 32.2. The van der Waals surface area contributed by atoms with Gasteiger partial charge in [0.15, 0.2) is 11.5 Å². The van der Waals surface area contributed by atoms with Crippen molar-refractivity contribution in [2.75, 3.05) is 37.6 Å². The van der Waals surface area contributed by atoms with Crippen LogP contribution in [0.4, 0.5) is 5.69 Å². The van der Waals surface area contributed by atoms with Crippen molar-refractivity contribution in [2.45, 2.75) is 37.0 Å². The number of anilines is 1. The summed E-state index contributed by atoms with van der Waals surface area (Å²) in [6.07, 6.45) is 4.20. The van der Waals surface area contributed by atoms with Gasteiger partial charge < -0.3 is 19.3 Å². The molecule has 0 spiro atoms. The third-order valence-corrected chi connectivity index (χ3v) is 8.43. The van der Waals surface area contributed by atoms with Crippen LogP contribution in [0.1, 0.15) is 46.7 Å². The number of aromatic nitrogens is 1. The number of rotatable bonds is 7. The van der Waals surface area contributed by atoms with Crippen LogP contribution in [0.15, 0.2) is 52.7 Å². The van der Waals surface area contributed by atoms with Gasteiger partial charge in [-0.25, -0.2) is 4.98 Å². The van der Waals surface area contributed by atoms with Gasteiger partial charge in [-0.3, -0.25) is 9.59 Å². The van der Waals surface area contributed by atoms with E-state index in [1.165, 1.54) is 16.2 Å². The largest absolute Gasteiger partial charge is 0.454 e. The summed E-state index contributed by atoms with van der Waals surface area (Å²) in [6, 6.07) is 13.7. The summed E-state index contributed by atoms with van der Waals surface area (Å²) in [5.74, 6) is 1.65. The van der Waals surface area contributed by atoms with Gasteiger partial charge in [0.1, 0.15) is 5.69 Å². The zero-order valence-electron chi connectivity index (χ0n) is 20.4. The lowest BCUT2D eigenvalue weighted by molar-refractivity contribution is -0.131. The summed E-state index contributed by atoms with van der Waals surface area (Å²) in [5, 5.41) is 2.82. The number of piperidine rings is 1. The van der Waals surface area contributed by atoms with Crippen LogP contribution < -0.4 is 14.4 Å². The van der Waals surface area contributed by atoms with E-state index in [2.05, 4.69) is 12.1 Å². The summed E-state index contributed by atoms with van der Waals surface area (Å²) in [5.41, 5.74) is 2.27. The predicted octanol–water partition coefficient (Wildman–Crippen LogP) is 5.21. The Bertz CT molecular complexity index is 1240. The first-order chi connectivity index (χ1) is 17.6. The number of fused-ring (bicyclic) bond motifs is 1. The minimum Gasteiger partial charge on any atom is -0.454 e. The second-order valence-corrected chi connectivity index (χ2v) is 10.6. The van der Waals surface area contributed by atoms with E-state index < -0.39 is 0 Å². The Morgan fingerprint density at radius 3 is 2.58 bits per heavy atom. The SMILES string of the molecule is CCN(C(=O)c1csc(C2CCN(C(=O)Cc3ccc(SC)cc3)CC2)n1)c1ccc2c(c1)OCO2. The number of carbonyl (C=O) groups excluding carboxylic acids is 2. The number of nitrogens with zero attached hydrogens (tertiary/aromatic N) is 3. The lowest BCUT2D eigenvalue weighted by Gasteiger charge is -2.31. The number of carbonyl (C=O) groups is 2. The summed E-state index contributed by atoms with van der Waals surface area (Å²) >= 11 is 3.23. The van der Waals surface area contributed by atoms with Crippen molar-refractivity contribution in [2.24, 2.45) is 0 Å². The molecule has 0 radical (unpaired) electrons. The summed E-state index contributed by atoms with van der Waals surface area (Å²) in [7, 11) is 0. The molecule has 2 aliphatic heterocycles. The van der Waals surface area contributed by atoms with Gasteiger partial charge in [0.25, 0.3) is 5.91 Å². The van der Waals surface area contributed by atoms with Gasteiger partial charge in [-0.15, -0.1) is 23.1 Å². The Kier molecular flexibility index (Phi) is 7.48. The standard InChI is InChI=1S/C27H29N3O4S2/c1-3-30(20-6-9-23-24(15-20)34-17-33-23)27(32)22-16-36-26(28-22)19-10-12-29(13-11-19)25(31)14-18-4-7-21(35-2)8-5-18/h4-9,15-16,19H,3,10-14,17H2,1-2H3. The molecule has 5 rings (SSSR count). The molecule has 3 aromatic rings. The van der Waals surface area contributed by atoms with E-state index in [9.17, 15) is 9.59 Å². The van der Waals surface area contributed by atoms with Gasteiger partial charge in [-0.05, 0) is 55.9 Å². The van der Waals surface area contributed by atoms with Crippen molar-refractivity contribution in [3.8, 4) is 11.5 Å². The second kappa shape index (κ2) is 10.9. The minimum atomic E-state index is -0.126. The highest BCUT2D eigenvalue weighted by Crippen LogP contribution is 2.36. The smallest absolute Gasteiger partial charge is 0.277 e. The number of hydrogen-bond donors (Lipinski definition) is 0. The Morgan fingerprint density at radius 1 is 1.11 bits per heavy atom. The van der Waals surface area contributed by atoms with Crippen molar-refractivity contribution in [3.63, 3.8) is 0 Å². The molecular formula is C27H29N3O4S2. The molecule has 9 heteroatoms. The molecule has 0 N–H and O–H groups in total. The fourth-order valence-corrected chi connectivity index (χ4v) is 5.99. The van der Waals surface area contributed by atoms with Crippen LogP contribution in [0.3, 0.4) is 0 Å².